The highest BCUT2D eigenvalue weighted by molar-refractivity contribution is 9.10. The van der Waals surface area contributed by atoms with Crippen LogP contribution in [-0.2, 0) is 4.79 Å². The number of nitrogens with one attached hydrogen (secondary N) is 2. The van der Waals surface area contributed by atoms with E-state index in [0.29, 0.717) is 4.47 Å². The topological polar surface area (TPSA) is 67.4 Å². The maximum Gasteiger partial charge on any atom is 0.279 e. The smallest absolute Gasteiger partial charge is 0.279 e. The lowest BCUT2D eigenvalue weighted by molar-refractivity contribution is -0.128. The molecule has 8 heteroatoms. The van der Waals surface area contributed by atoms with Crippen molar-refractivity contribution in [1.82, 2.24) is 10.9 Å². The van der Waals surface area contributed by atoms with Gasteiger partial charge in [0.05, 0.1) is 4.47 Å². The zero-order valence-corrected chi connectivity index (χ0v) is 14.1. The molecule has 2 aromatic rings. The van der Waals surface area contributed by atoms with Gasteiger partial charge in [-0.25, -0.2) is 8.78 Å². The second-order valence-electron chi connectivity index (χ2n) is 4.79. The van der Waals surface area contributed by atoms with Crippen molar-refractivity contribution in [3.63, 3.8) is 0 Å². The lowest BCUT2D eigenvalue weighted by Crippen LogP contribution is -2.47. The average Bonchev–Trinajstić information content (AvgIpc) is 2.55. The maximum absolute atomic E-state index is 13.0. The highest BCUT2D eigenvalue weighted by Crippen LogP contribution is 2.26. The number of carbonyl (C=O) groups is 2. The van der Waals surface area contributed by atoms with E-state index in [1.165, 1.54) is 37.3 Å². The van der Waals surface area contributed by atoms with Crippen molar-refractivity contribution in [1.29, 1.82) is 0 Å². The van der Waals surface area contributed by atoms with Gasteiger partial charge in [0.15, 0.2) is 6.10 Å². The van der Waals surface area contributed by atoms with Gasteiger partial charge in [0.1, 0.15) is 17.4 Å². The summed E-state index contributed by atoms with van der Waals surface area (Å²) in [7, 11) is 0. The molecular weight excluding hydrogens is 386 g/mol. The van der Waals surface area contributed by atoms with Gasteiger partial charge in [-0.1, -0.05) is 0 Å². The van der Waals surface area contributed by atoms with E-state index in [4.69, 9.17) is 4.74 Å². The predicted octanol–water partition coefficient (Wildman–Crippen LogP) is 2.96. The predicted molar refractivity (Wildman–Crippen MR) is 86.2 cm³/mol. The molecule has 0 radical (unpaired) electrons. The number of amides is 2. The number of carbonyl (C=O) groups excluding carboxylic acids is 2. The van der Waals surface area contributed by atoms with Crippen LogP contribution in [0.15, 0.2) is 46.9 Å². The van der Waals surface area contributed by atoms with E-state index < -0.39 is 29.6 Å². The zero-order chi connectivity index (χ0) is 17.7. The molecule has 2 aromatic carbocycles. The minimum Gasteiger partial charge on any atom is -0.480 e. The highest BCUT2D eigenvalue weighted by atomic mass is 79.9. The van der Waals surface area contributed by atoms with E-state index in [1.54, 1.807) is 0 Å². The number of hydrazine groups is 1. The van der Waals surface area contributed by atoms with Gasteiger partial charge >= 0.3 is 0 Å². The van der Waals surface area contributed by atoms with E-state index >= 15 is 0 Å². The van der Waals surface area contributed by atoms with Gasteiger partial charge < -0.3 is 4.74 Å². The van der Waals surface area contributed by atoms with Crippen LogP contribution in [-0.4, -0.2) is 17.9 Å². The Balaban J connectivity index is 1.89. The molecular formula is C16H13BrF2N2O3. The van der Waals surface area contributed by atoms with Crippen LogP contribution in [0.2, 0.25) is 0 Å². The minimum atomic E-state index is -0.944. The Bertz CT molecular complexity index is 753. The second kappa shape index (κ2) is 7.87. The van der Waals surface area contributed by atoms with Crippen molar-refractivity contribution in [2.24, 2.45) is 0 Å². The van der Waals surface area contributed by atoms with Crippen LogP contribution in [0.1, 0.15) is 17.3 Å². The molecule has 2 rings (SSSR count). The largest absolute Gasteiger partial charge is 0.480 e. The summed E-state index contributed by atoms with van der Waals surface area (Å²) in [5, 5.41) is 0. The van der Waals surface area contributed by atoms with Gasteiger partial charge in [-0.05, 0) is 65.3 Å². The first kappa shape index (κ1) is 17.9. The monoisotopic (exact) mass is 398 g/mol. The van der Waals surface area contributed by atoms with Crippen molar-refractivity contribution in [2.45, 2.75) is 13.0 Å². The second-order valence-corrected chi connectivity index (χ2v) is 5.64. The summed E-state index contributed by atoms with van der Waals surface area (Å²) in [6.07, 6.45) is -0.944. The van der Waals surface area contributed by atoms with Crippen LogP contribution in [0, 0.1) is 11.6 Å². The molecule has 0 heterocycles. The molecule has 0 saturated heterocycles. The third-order valence-corrected chi connectivity index (χ3v) is 3.59. The van der Waals surface area contributed by atoms with Crippen LogP contribution in [0.3, 0.4) is 0 Å². The third-order valence-electron chi connectivity index (χ3n) is 2.97. The molecule has 24 heavy (non-hydrogen) atoms. The summed E-state index contributed by atoms with van der Waals surface area (Å²) in [4.78, 5) is 23.7. The summed E-state index contributed by atoms with van der Waals surface area (Å²) in [5.41, 5.74) is 4.58. The number of halogens is 3. The number of hydrogen-bond acceptors (Lipinski definition) is 3. The fourth-order valence-corrected chi connectivity index (χ4v) is 2.15. The first-order valence-electron chi connectivity index (χ1n) is 6.84. The molecule has 0 aliphatic heterocycles. The normalized spacial score (nSPS) is 11.5. The molecule has 1 atom stereocenters. The first-order chi connectivity index (χ1) is 11.4. The Hall–Kier alpha value is -2.48. The van der Waals surface area contributed by atoms with Crippen molar-refractivity contribution < 1.29 is 23.1 Å². The summed E-state index contributed by atoms with van der Waals surface area (Å²) >= 11 is 3.13. The Morgan fingerprint density at radius 1 is 1.04 bits per heavy atom. The van der Waals surface area contributed by atoms with Gasteiger partial charge in [-0.3, -0.25) is 20.4 Å². The lowest BCUT2D eigenvalue weighted by Gasteiger charge is -2.16. The van der Waals surface area contributed by atoms with Gasteiger partial charge in [0.2, 0.25) is 0 Å². The Labute approximate surface area is 145 Å². The number of hydrogen-bond donors (Lipinski definition) is 2. The summed E-state index contributed by atoms with van der Waals surface area (Å²) in [5.74, 6) is -1.84. The number of rotatable bonds is 4. The van der Waals surface area contributed by atoms with Crippen molar-refractivity contribution in [3.8, 4) is 5.75 Å². The van der Waals surface area contributed by atoms with E-state index in [1.807, 2.05) is 0 Å². The van der Waals surface area contributed by atoms with Crippen LogP contribution < -0.4 is 15.6 Å². The summed E-state index contributed by atoms with van der Waals surface area (Å²) in [6, 6.07) is 8.61. The van der Waals surface area contributed by atoms with Crippen LogP contribution >= 0.6 is 15.9 Å². The van der Waals surface area contributed by atoms with Crippen molar-refractivity contribution in [3.05, 3.63) is 64.1 Å². The molecule has 2 N–H and O–H groups in total. The molecule has 5 nitrogen and oxygen atoms in total. The van der Waals surface area contributed by atoms with E-state index in [9.17, 15) is 18.4 Å². The van der Waals surface area contributed by atoms with Gasteiger partial charge in [-0.2, -0.15) is 0 Å². The minimum absolute atomic E-state index is 0.187. The first-order valence-corrected chi connectivity index (χ1v) is 7.63. The molecule has 0 aliphatic rings. The Morgan fingerprint density at radius 3 is 2.29 bits per heavy atom. The average molecular weight is 399 g/mol. The van der Waals surface area contributed by atoms with Gasteiger partial charge in [0.25, 0.3) is 11.8 Å². The van der Waals surface area contributed by atoms with Gasteiger partial charge in [-0.15, -0.1) is 0 Å². The third kappa shape index (κ3) is 4.76. The molecule has 126 valence electrons. The van der Waals surface area contributed by atoms with Crippen LogP contribution in [0.5, 0.6) is 5.75 Å². The Kier molecular flexibility index (Phi) is 5.86. The Morgan fingerprint density at radius 2 is 1.67 bits per heavy atom. The molecule has 0 spiro atoms. The molecule has 0 bridgehead atoms. The maximum atomic E-state index is 13.0. The van der Waals surface area contributed by atoms with E-state index in [0.717, 1.165) is 12.1 Å². The quantitative estimate of drug-likeness (QED) is 0.778. The fraction of sp³-hybridized carbons (Fsp3) is 0.125. The van der Waals surface area contributed by atoms with E-state index in [2.05, 4.69) is 26.8 Å². The number of ether oxygens (including phenoxy) is 1. The lowest BCUT2D eigenvalue weighted by atomic mass is 10.2. The molecule has 0 aromatic heterocycles. The zero-order valence-electron chi connectivity index (χ0n) is 12.5. The molecule has 0 fully saturated rings. The van der Waals surface area contributed by atoms with Gasteiger partial charge in [0, 0.05) is 5.56 Å². The molecule has 2 amide bonds. The van der Waals surface area contributed by atoms with Crippen LogP contribution in [0.4, 0.5) is 8.78 Å². The standard InChI is InChI=1S/C16H13BrF2N2O3/c1-9(24-14-7-6-12(19)8-13(14)17)15(22)20-21-16(23)10-2-4-11(18)5-3-10/h2-9H,1H3,(H,20,22)(H,21,23). The highest BCUT2D eigenvalue weighted by Gasteiger charge is 2.17. The molecule has 0 saturated carbocycles. The summed E-state index contributed by atoms with van der Waals surface area (Å²) in [6.45, 7) is 1.47. The molecule has 1 unspecified atom stereocenters. The van der Waals surface area contributed by atoms with Crippen molar-refractivity contribution >= 4 is 27.7 Å². The fourth-order valence-electron chi connectivity index (χ4n) is 1.71. The van der Waals surface area contributed by atoms with Crippen molar-refractivity contribution in [2.75, 3.05) is 0 Å². The SMILES string of the molecule is CC(Oc1ccc(F)cc1Br)C(=O)NNC(=O)c1ccc(F)cc1. The van der Waals surface area contributed by atoms with Crippen LogP contribution in [0.25, 0.3) is 0 Å². The molecule has 0 aliphatic carbocycles. The number of benzene rings is 2. The van der Waals surface area contributed by atoms with E-state index in [-0.39, 0.29) is 11.3 Å². The summed E-state index contributed by atoms with van der Waals surface area (Å²) < 4.78 is 31.5.